The molecule has 11 heteroatoms. The Hall–Kier alpha value is -4.48. The minimum atomic E-state index is -1.22. The number of aliphatic hydroxyl groups excluding tert-OH is 1. The number of Topliss-reactive ketones (excluding diaryl/α,β-unsaturated/α-hetero) is 1. The molecule has 62 heavy (non-hydrogen) atoms. The second-order valence-electron chi connectivity index (χ2n) is 17.6. The second-order valence-corrected chi connectivity index (χ2v) is 17.6. The number of nitrogens with zero attached hydrogens (tertiary/aromatic N) is 4. The van der Waals surface area contributed by atoms with Crippen molar-refractivity contribution in [1.82, 2.24) is 15.0 Å². The van der Waals surface area contributed by atoms with Crippen LogP contribution in [0.15, 0.2) is 23.9 Å². The fourth-order valence-electron chi connectivity index (χ4n) is 9.48. The molecule has 3 aromatic heterocycles. The van der Waals surface area contributed by atoms with Crippen LogP contribution >= 0.6 is 0 Å². The van der Waals surface area contributed by atoms with E-state index in [1.165, 1.54) is 44.8 Å². The molecule has 2 aliphatic heterocycles. The van der Waals surface area contributed by atoms with Crippen LogP contribution in [-0.2, 0) is 25.5 Å². The van der Waals surface area contributed by atoms with Gasteiger partial charge in [-0.3, -0.25) is 14.4 Å². The first-order chi connectivity index (χ1) is 29.3. The predicted molar refractivity (Wildman–Crippen MR) is 248 cm³/mol. The Morgan fingerprint density at radius 3 is 2.32 bits per heavy atom. The number of ketones is 1. The molecule has 6 atom stereocenters. The average Bonchev–Trinajstić information content (AvgIpc) is 3.99. The van der Waals surface area contributed by atoms with E-state index in [4.69, 9.17) is 29.7 Å². The molecule has 0 spiro atoms. The minimum absolute atomic E-state index is 0. The number of rotatable bonds is 17. The maximum Gasteiger partial charge on any atom is 2.00 e. The van der Waals surface area contributed by atoms with Gasteiger partial charge < -0.3 is 34.8 Å². The van der Waals surface area contributed by atoms with Gasteiger partial charge in [-0.25, -0.2) is 0 Å². The summed E-state index contributed by atoms with van der Waals surface area (Å²) < 4.78 is 11.0. The van der Waals surface area contributed by atoms with Crippen molar-refractivity contribution in [2.75, 3.05) is 13.7 Å². The first-order valence-corrected chi connectivity index (χ1v) is 22.3. The number of fused-ring (bicyclic) bond motifs is 8. The van der Waals surface area contributed by atoms with Crippen LogP contribution < -0.4 is 36.2 Å². The van der Waals surface area contributed by atoms with Crippen LogP contribution in [-0.4, -0.2) is 65.6 Å². The number of aromatic nitrogens is 3. The third kappa shape index (κ3) is 9.99. The number of carbonyl (C=O) groups excluding carboxylic acids is 3. The van der Waals surface area contributed by atoms with Gasteiger partial charge >= 0.3 is 35.0 Å². The molecule has 1 saturated heterocycles. The molecule has 10 nitrogen and oxygen atoms in total. The van der Waals surface area contributed by atoms with Gasteiger partial charge in [-0.05, 0) is 87.0 Å². The van der Waals surface area contributed by atoms with E-state index in [-0.39, 0.29) is 59.7 Å². The fraction of sp³-hybridized carbons (Fsp3) is 0.510. The van der Waals surface area contributed by atoms with Crippen molar-refractivity contribution < 1.29 is 29.0 Å². The first-order valence-electron chi connectivity index (χ1n) is 22.3. The Morgan fingerprint density at radius 1 is 0.935 bits per heavy atom. The maximum absolute atomic E-state index is 14.4. The summed E-state index contributed by atoms with van der Waals surface area (Å²) in [4.78, 5) is 56.3. The predicted octanol–water partition coefficient (Wildman–Crippen LogP) is 6.74. The molecule has 3 aromatic rings. The summed E-state index contributed by atoms with van der Waals surface area (Å²) in [6, 6.07) is -0.649. The molecule has 1 unspecified atom stereocenters. The molecule has 6 rings (SSSR count). The number of carbonyl (C=O) groups is 3. The van der Waals surface area contributed by atoms with Crippen LogP contribution in [0.5, 0.6) is 0 Å². The van der Waals surface area contributed by atoms with Crippen LogP contribution in [0.1, 0.15) is 149 Å². The van der Waals surface area contributed by atoms with Crippen molar-refractivity contribution in [2.24, 2.45) is 29.6 Å². The number of methoxy groups -OCH3 is 1. The Morgan fingerprint density at radius 2 is 1.65 bits per heavy atom. The minimum Gasteiger partial charge on any atom is -0.681 e. The second kappa shape index (κ2) is 21.3. The summed E-state index contributed by atoms with van der Waals surface area (Å²) >= 11 is 0. The Kier molecular flexibility index (Phi) is 16.6. The number of aliphatic hydroxyl groups is 1. The zero-order valence-corrected chi connectivity index (χ0v) is 39.8. The van der Waals surface area contributed by atoms with Crippen LogP contribution in [0.2, 0.25) is 0 Å². The summed E-state index contributed by atoms with van der Waals surface area (Å²) in [6.45, 7) is 21.2. The molecule has 0 amide bonds. The van der Waals surface area contributed by atoms with E-state index in [1.54, 1.807) is 6.08 Å². The molecule has 8 bridgehead atoms. The quantitative estimate of drug-likeness (QED) is 0.0675. The molecule has 0 radical (unpaired) electrons. The zero-order valence-electron chi connectivity index (χ0n) is 38.4. The zero-order chi connectivity index (χ0) is 44.1. The van der Waals surface area contributed by atoms with Gasteiger partial charge in [0.15, 0.2) is 5.78 Å². The van der Waals surface area contributed by atoms with Gasteiger partial charge in [0.1, 0.15) is 12.5 Å². The molecule has 5 heterocycles. The largest absolute Gasteiger partial charge is 2.00 e. The van der Waals surface area contributed by atoms with E-state index in [1.807, 2.05) is 45.1 Å². The average molecular weight is 853 g/mol. The molecule has 3 aliphatic rings. The molecule has 1 aliphatic carbocycles. The van der Waals surface area contributed by atoms with Gasteiger partial charge in [0.2, 0.25) is 0 Å². The van der Waals surface area contributed by atoms with Crippen molar-refractivity contribution in [2.45, 2.75) is 126 Å². The Balaban J connectivity index is 0.00000726. The van der Waals surface area contributed by atoms with Gasteiger partial charge in [-0.15, -0.1) is 33.1 Å². The number of hydrogen-bond donors (Lipinski definition) is 1. The first kappa shape index (κ1) is 48.5. The molecule has 328 valence electrons. The Labute approximate surface area is 383 Å². The summed E-state index contributed by atoms with van der Waals surface area (Å²) in [6.07, 6.45) is 20.1. The van der Waals surface area contributed by atoms with Gasteiger partial charge in [-0.2, -0.15) is 5.70 Å². The maximum atomic E-state index is 14.4. The Bertz CT molecular complexity index is 2480. The topological polar surface area (TPSA) is 146 Å². The van der Waals surface area contributed by atoms with Crippen LogP contribution in [0, 0.1) is 43.4 Å². The summed E-state index contributed by atoms with van der Waals surface area (Å²) in [5, 5.41) is 17.8. The van der Waals surface area contributed by atoms with E-state index in [9.17, 15) is 19.5 Å². The van der Waals surface area contributed by atoms with E-state index < -0.39 is 17.9 Å². The normalized spacial score (nSPS) is 22.4. The van der Waals surface area contributed by atoms with Crippen molar-refractivity contribution >= 4 is 76.9 Å². The van der Waals surface area contributed by atoms with Crippen molar-refractivity contribution in [3.8, 4) is 0 Å². The number of allylic oxidation sites excluding steroid dienone is 2. The van der Waals surface area contributed by atoms with Crippen LogP contribution in [0.25, 0.3) is 41.5 Å². The van der Waals surface area contributed by atoms with Gasteiger partial charge in [0.05, 0.1) is 13.4 Å². The van der Waals surface area contributed by atoms with E-state index in [2.05, 4.69) is 41.2 Å². The molecular formula is C51H64MgN4O6-2. The van der Waals surface area contributed by atoms with Crippen LogP contribution in [0.4, 0.5) is 0 Å². The number of esters is 2. The van der Waals surface area contributed by atoms with Crippen molar-refractivity contribution in [1.29, 1.82) is 0 Å². The summed E-state index contributed by atoms with van der Waals surface area (Å²) in [5.74, 6) is -1.51. The van der Waals surface area contributed by atoms with Gasteiger partial charge in [0, 0.05) is 12.0 Å². The van der Waals surface area contributed by atoms with Crippen molar-refractivity contribution in [3.05, 3.63) is 95.4 Å². The molecule has 0 aromatic carbocycles. The molecule has 0 saturated carbocycles. The smallest absolute Gasteiger partial charge is 0.681 e. The van der Waals surface area contributed by atoms with Crippen LogP contribution in [0.3, 0.4) is 0 Å². The molecule has 1 N–H and O–H groups in total. The van der Waals surface area contributed by atoms with Crippen molar-refractivity contribution in [3.63, 3.8) is 0 Å². The standard InChI is InChI=1S/C51H64N4O6.Mg/c1-11-28(4)16-14-17-29(5)18-15-19-30(6)22-23-61-44(57)21-20-36-32(8)39-24-38-31(7)34(12-2)41(52-38)26-43-37(27-56)35(13-3)42(53-43)25-40-33(9)45-49(55-40)46(48(36)54-39)47(50(45)58)51(59)60-10;/h12,22,24-29,32,36,47-48H,2,11,13-21,23H2,1,3-10H3,(H,56,58);/q-4;+2/b30-22+,39-24+,43-26-;/t28-,29-,32+,36+,47-,48?;/m1./s1. The summed E-state index contributed by atoms with van der Waals surface area (Å²) in [5.41, 5.74) is 7.97. The molecular weight excluding hydrogens is 789 g/mol. The third-order valence-corrected chi connectivity index (χ3v) is 13.6. The van der Waals surface area contributed by atoms with E-state index in [0.29, 0.717) is 73.8 Å². The fourth-order valence-corrected chi connectivity index (χ4v) is 9.48. The van der Waals surface area contributed by atoms with E-state index in [0.717, 1.165) is 47.4 Å². The molecule has 1 fully saturated rings. The monoisotopic (exact) mass is 852 g/mol. The van der Waals surface area contributed by atoms with Gasteiger partial charge in [-0.1, -0.05) is 131 Å². The van der Waals surface area contributed by atoms with E-state index >= 15 is 0 Å². The third-order valence-electron chi connectivity index (χ3n) is 13.6. The number of hydrogen-bond acceptors (Lipinski definition) is 6. The summed E-state index contributed by atoms with van der Waals surface area (Å²) in [7, 11) is 1.28. The SMILES string of the molecule is C=Cc1c2[n-]c(c1C)/C=C1/[N-]C(C3=c4[n-]/c(c(C)c4C(=O)[C@@H]3C(=O)OC)=C\c3[n-]c(/c(=C\O)c3CC)=C\2)[C@@H](CCC(=O)OC/C=C(\C)CCC[C@H](C)CCC[C@H](C)CC)[C@@H]1C.[Mg+2]. The number of ether oxygens (including phenoxy) is 2. The van der Waals surface area contributed by atoms with Gasteiger partial charge in [0.25, 0.3) is 0 Å².